The summed E-state index contributed by atoms with van der Waals surface area (Å²) in [6, 6.07) is 6.51. The number of ether oxygens (including phenoxy) is 1. The highest BCUT2D eigenvalue weighted by Gasteiger charge is 1.98. The molecule has 1 aromatic carbocycles. The summed E-state index contributed by atoms with van der Waals surface area (Å²) in [4.78, 5) is 10.6. The van der Waals surface area contributed by atoms with Gasteiger partial charge in [-0.25, -0.2) is 4.79 Å². The number of rotatable bonds is 2. The third kappa shape index (κ3) is 3.02. The largest absolute Gasteiger partial charge is 0.508 e. The minimum Gasteiger partial charge on any atom is -0.508 e. The van der Waals surface area contributed by atoms with Crippen molar-refractivity contribution in [1.29, 1.82) is 0 Å². The van der Waals surface area contributed by atoms with Crippen molar-refractivity contribution >= 4 is 6.09 Å². The van der Waals surface area contributed by atoms with Crippen LogP contribution in [0.15, 0.2) is 24.3 Å². The van der Waals surface area contributed by atoms with Gasteiger partial charge in [0.25, 0.3) is 0 Å². The first-order chi connectivity index (χ1) is 6.22. The van der Waals surface area contributed by atoms with Crippen LogP contribution in [-0.4, -0.2) is 11.2 Å². The predicted molar refractivity (Wildman–Crippen MR) is 46.8 cm³/mol. The van der Waals surface area contributed by atoms with E-state index in [0.717, 1.165) is 5.56 Å². The maximum atomic E-state index is 10.6. The Hall–Kier alpha value is -1.71. The Morgan fingerprint density at radius 1 is 1.46 bits per heavy atom. The van der Waals surface area contributed by atoms with Gasteiger partial charge in [0.2, 0.25) is 0 Å². The number of phenols is 1. The Morgan fingerprint density at radius 2 is 2.08 bits per heavy atom. The number of amides is 1. The third-order valence-corrected chi connectivity index (χ3v) is 1.50. The molecule has 0 aliphatic carbocycles. The second kappa shape index (κ2) is 4.35. The lowest BCUT2D eigenvalue weighted by atomic mass is 10.2. The SMILES string of the molecule is [CH2]OC(=O)NCc1ccc(O)cc1. The van der Waals surface area contributed by atoms with Crippen molar-refractivity contribution in [2.75, 3.05) is 0 Å². The van der Waals surface area contributed by atoms with Crippen LogP contribution in [-0.2, 0) is 11.3 Å². The van der Waals surface area contributed by atoms with E-state index in [1.165, 1.54) is 0 Å². The van der Waals surface area contributed by atoms with Crippen molar-refractivity contribution < 1.29 is 14.6 Å². The van der Waals surface area contributed by atoms with E-state index in [1.807, 2.05) is 0 Å². The second-order valence-electron chi connectivity index (χ2n) is 2.45. The molecular weight excluding hydrogens is 170 g/mol. The normalized spacial score (nSPS) is 9.31. The molecule has 0 aromatic heterocycles. The lowest BCUT2D eigenvalue weighted by Gasteiger charge is -2.02. The highest BCUT2D eigenvalue weighted by Crippen LogP contribution is 2.08. The first-order valence-corrected chi connectivity index (χ1v) is 3.70. The maximum Gasteiger partial charge on any atom is 0.407 e. The van der Waals surface area contributed by atoms with Gasteiger partial charge in [-0.15, -0.1) is 0 Å². The highest BCUT2D eigenvalue weighted by molar-refractivity contribution is 5.67. The van der Waals surface area contributed by atoms with E-state index in [0.29, 0.717) is 6.54 Å². The lowest BCUT2D eigenvalue weighted by molar-refractivity contribution is 0.183. The van der Waals surface area contributed by atoms with Gasteiger partial charge in [-0.05, 0) is 17.7 Å². The molecule has 0 saturated carbocycles. The van der Waals surface area contributed by atoms with Gasteiger partial charge < -0.3 is 15.2 Å². The highest BCUT2D eigenvalue weighted by atomic mass is 16.5. The fourth-order valence-electron chi connectivity index (χ4n) is 0.839. The molecule has 1 aromatic rings. The van der Waals surface area contributed by atoms with Crippen molar-refractivity contribution in [2.45, 2.75) is 6.54 Å². The van der Waals surface area contributed by atoms with Crippen LogP contribution in [0.5, 0.6) is 5.75 Å². The van der Waals surface area contributed by atoms with Crippen LogP contribution < -0.4 is 5.32 Å². The predicted octanol–water partition coefficient (Wildman–Crippen LogP) is 1.41. The zero-order valence-corrected chi connectivity index (χ0v) is 6.99. The van der Waals surface area contributed by atoms with Crippen LogP contribution in [0.3, 0.4) is 0 Å². The molecule has 0 atom stereocenters. The van der Waals surface area contributed by atoms with E-state index < -0.39 is 6.09 Å². The molecule has 2 N–H and O–H groups in total. The fraction of sp³-hybridized carbons (Fsp3) is 0.111. The smallest absolute Gasteiger partial charge is 0.407 e. The third-order valence-electron chi connectivity index (χ3n) is 1.50. The van der Waals surface area contributed by atoms with E-state index in [2.05, 4.69) is 17.2 Å². The summed E-state index contributed by atoms with van der Waals surface area (Å²) in [5.74, 6) is 0.198. The number of hydrogen-bond donors (Lipinski definition) is 2. The molecule has 13 heavy (non-hydrogen) atoms. The minimum atomic E-state index is -0.576. The summed E-state index contributed by atoms with van der Waals surface area (Å²) < 4.78 is 4.15. The monoisotopic (exact) mass is 180 g/mol. The Labute approximate surface area is 76.1 Å². The number of aromatic hydroxyl groups is 1. The molecule has 1 rings (SSSR count). The molecule has 4 heteroatoms. The number of carbonyl (C=O) groups is 1. The summed E-state index contributed by atoms with van der Waals surface area (Å²) in [5.41, 5.74) is 0.878. The lowest BCUT2D eigenvalue weighted by Crippen LogP contribution is -2.21. The van der Waals surface area contributed by atoms with Crippen molar-refractivity contribution in [3.63, 3.8) is 0 Å². The summed E-state index contributed by atoms with van der Waals surface area (Å²) in [6.45, 7) is 0.356. The molecular formula is C9H10NO3. The van der Waals surface area contributed by atoms with Crippen LogP contribution in [0.1, 0.15) is 5.56 Å². The number of benzene rings is 1. The van der Waals surface area contributed by atoms with Gasteiger partial charge in [0.15, 0.2) is 0 Å². The molecule has 0 bridgehead atoms. The Kier molecular flexibility index (Phi) is 3.14. The summed E-state index contributed by atoms with van der Waals surface area (Å²) >= 11 is 0. The zero-order valence-electron chi connectivity index (χ0n) is 6.99. The molecule has 0 saturated heterocycles. The zero-order chi connectivity index (χ0) is 9.68. The van der Waals surface area contributed by atoms with E-state index in [-0.39, 0.29) is 5.75 Å². The van der Waals surface area contributed by atoms with Crippen LogP contribution in [0.4, 0.5) is 4.79 Å². The van der Waals surface area contributed by atoms with Crippen molar-refractivity contribution in [1.82, 2.24) is 5.32 Å². The van der Waals surface area contributed by atoms with E-state index in [9.17, 15) is 4.79 Å². The fourth-order valence-corrected chi connectivity index (χ4v) is 0.839. The van der Waals surface area contributed by atoms with E-state index in [1.54, 1.807) is 24.3 Å². The molecule has 1 radical (unpaired) electrons. The number of phenolic OH excluding ortho intramolecular Hbond substituents is 1. The van der Waals surface area contributed by atoms with Gasteiger partial charge >= 0.3 is 6.09 Å². The number of alkyl carbamates (subject to hydrolysis) is 1. The van der Waals surface area contributed by atoms with Gasteiger partial charge in [-0.3, -0.25) is 0 Å². The molecule has 0 spiro atoms. The molecule has 0 aliphatic heterocycles. The van der Waals surface area contributed by atoms with E-state index in [4.69, 9.17) is 5.11 Å². The quantitative estimate of drug-likeness (QED) is 0.723. The van der Waals surface area contributed by atoms with Crippen LogP contribution in [0.25, 0.3) is 0 Å². The topological polar surface area (TPSA) is 58.6 Å². The number of carbonyl (C=O) groups excluding carboxylic acids is 1. The van der Waals surface area contributed by atoms with Gasteiger partial charge in [0.1, 0.15) is 12.9 Å². The standard InChI is InChI=1S/C9H10NO3/c1-13-9(12)10-6-7-2-4-8(11)5-3-7/h2-5,11H,1,6H2,(H,10,12). The van der Waals surface area contributed by atoms with Crippen LogP contribution >= 0.6 is 0 Å². The van der Waals surface area contributed by atoms with Gasteiger partial charge in [-0.2, -0.15) is 0 Å². The summed E-state index contributed by atoms with van der Waals surface area (Å²) in [7, 11) is 2.96. The first-order valence-electron chi connectivity index (χ1n) is 3.70. The molecule has 0 fully saturated rings. The molecule has 0 unspecified atom stereocenters. The van der Waals surface area contributed by atoms with Gasteiger partial charge in [0, 0.05) is 6.54 Å². The van der Waals surface area contributed by atoms with Crippen LogP contribution in [0, 0.1) is 7.11 Å². The van der Waals surface area contributed by atoms with E-state index >= 15 is 0 Å². The maximum absolute atomic E-state index is 10.6. The molecule has 0 aliphatic rings. The average molecular weight is 180 g/mol. The average Bonchev–Trinajstić information content (AvgIpc) is 2.16. The second-order valence-corrected chi connectivity index (χ2v) is 2.45. The number of hydrogen-bond acceptors (Lipinski definition) is 3. The van der Waals surface area contributed by atoms with Crippen molar-refractivity contribution in [3.8, 4) is 5.75 Å². The molecule has 0 heterocycles. The van der Waals surface area contributed by atoms with Crippen molar-refractivity contribution in [2.24, 2.45) is 0 Å². The minimum absolute atomic E-state index is 0.198. The van der Waals surface area contributed by atoms with Gasteiger partial charge in [0.05, 0.1) is 0 Å². The van der Waals surface area contributed by atoms with Gasteiger partial charge in [-0.1, -0.05) is 12.1 Å². The summed E-state index contributed by atoms with van der Waals surface area (Å²) in [6.07, 6.45) is -0.576. The Balaban J connectivity index is 2.46. The van der Waals surface area contributed by atoms with Crippen LogP contribution in [0.2, 0.25) is 0 Å². The molecule has 4 nitrogen and oxygen atoms in total. The molecule has 1 amide bonds. The summed E-state index contributed by atoms with van der Waals surface area (Å²) in [5, 5.41) is 11.4. The van der Waals surface area contributed by atoms with Crippen molar-refractivity contribution in [3.05, 3.63) is 36.9 Å². The Morgan fingerprint density at radius 3 is 2.62 bits per heavy atom. The number of nitrogens with one attached hydrogen (secondary N) is 1. The Bertz CT molecular complexity index is 281. The molecule has 69 valence electrons. The first kappa shape index (κ1) is 9.38.